The maximum Gasteiger partial charge on any atom is 1.00 e. The van der Waals surface area contributed by atoms with E-state index in [1.807, 2.05) is 11.3 Å². The molecule has 0 saturated heterocycles. The Hall–Kier alpha value is -0.0836. The zero-order chi connectivity index (χ0) is 12.0. The van der Waals surface area contributed by atoms with Gasteiger partial charge in [-0.25, -0.2) is 16.7 Å². The zero-order valence-electron chi connectivity index (χ0n) is 9.81. The summed E-state index contributed by atoms with van der Waals surface area (Å²) in [6, 6.07) is 9.75. The fourth-order valence-electron chi connectivity index (χ4n) is 1.14. The molecule has 4 nitrogen and oxygen atoms in total. The van der Waals surface area contributed by atoms with E-state index in [-0.39, 0.29) is 51.4 Å². The number of fused-ring (bicyclic) bond motifs is 1. The van der Waals surface area contributed by atoms with E-state index in [2.05, 4.69) is 49.4 Å². The number of carbonyl (C=O) groups is 1. The first kappa shape index (κ1) is 16.9. The maximum atomic E-state index is 9.23. The number of rotatable bonds is 1. The molecule has 2 aromatic rings. The standard InChI is InChI=1S/C10H9S.CH4N2O2.K/c1-2-9-7-8-5-3-4-6-10(8)11-9;2-1(4)3-5;/h2-7H,1H3;5H,(H3,2,3,4);/q-1;;+1. The number of urea groups is 1. The van der Waals surface area contributed by atoms with Crippen LogP contribution in [0, 0.1) is 6.42 Å². The largest absolute Gasteiger partial charge is 1.00 e. The molecule has 1 aromatic heterocycles. The van der Waals surface area contributed by atoms with E-state index in [1.54, 1.807) is 0 Å². The molecule has 0 aliphatic rings. The number of nitrogens with two attached hydrogens (primary N) is 1. The molecule has 2 amide bonds. The number of primary amides is 1. The van der Waals surface area contributed by atoms with Gasteiger partial charge in [-0.2, -0.15) is 17.4 Å². The minimum absolute atomic E-state index is 0. The number of carbonyl (C=O) groups excluding carboxylic acids is 1. The van der Waals surface area contributed by atoms with Gasteiger partial charge in [-0.05, 0) is 6.07 Å². The van der Waals surface area contributed by atoms with Gasteiger partial charge >= 0.3 is 57.4 Å². The Labute approximate surface area is 147 Å². The summed E-state index contributed by atoms with van der Waals surface area (Å²) in [6.45, 7) is 2.07. The second kappa shape index (κ2) is 8.93. The SMILES string of the molecule is C[CH-]c1cc2ccccc2s1.NC(=O)NO.[K+]. The van der Waals surface area contributed by atoms with Gasteiger partial charge in [-0.15, -0.1) is 11.8 Å². The Morgan fingerprint density at radius 1 is 1.47 bits per heavy atom. The quantitative estimate of drug-likeness (QED) is 0.285. The summed E-state index contributed by atoms with van der Waals surface area (Å²) in [6.07, 6.45) is 2.14. The first-order chi connectivity index (χ1) is 7.67. The van der Waals surface area contributed by atoms with Crippen molar-refractivity contribution in [1.29, 1.82) is 0 Å². The summed E-state index contributed by atoms with van der Waals surface area (Å²) >= 11 is 1.84. The van der Waals surface area contributed by atoms with Crippen LogP contribution >= 0.6 is 11.3 Å². The fourth-order valence-corrected chi connectivity index (χ4v) is 2.09. The minimum atomic E-state index is -0.940. The molecule has 0 unspecified atom stereocenters. The predicted molar refractivity (Wildman–Crippen MR) is 65.4 cm³/mol. The molecular weight excluding hydrogens is 263 g/mol. The topological polar surface area (TPSA) is 75.4 Å². The van der Waals surface area contributed by atoms with E-state index in [1.165, 1.54) is 20.4 Å². The fraction of sp³-hybridized carbons (Fsp3) is 0.0909. The second-order valence-electron chi connectivity index (χ2n) is 2.95. The van der Waals surface area contributed by atoms with E-state index in [4.69, 9.17) is 5.21 Å². The Bertz CT molecular complexity index is 440. The van der Waals surface area contributed by atoms with Gasteiger partial charge < -0.3 is 5.73 Å². The van der Waals surface area contributed by atoms with Gasteiger partial charge in [0.05, 0.1) is 0 Å². The predicted octanol–water partition coefficient (Wildman–Crippen LogP) is -0.479. The van der Waals surface area contributed by atoms with Crippen molar-refractivity contribution >= 4 is 27.5 Å². The van der Waals surface area contributed by atoms with Crippen molar-refractivity contribution in [3.05, 3.63) is 41.6 Å². The molecule has 0 aliphatic heterocycles. The Kier molecular flexibility index (Phi) is 8.88. The van der Waals surface area contributed by atoms with Crippen molar-refractivity contribution in [2.45, 2.75) is 6.92 Å². The first-order valence-corrected chi connectivity index (χ1v) is 5.46. The monoisotopic (exact) mass is 276 g/mol. The Morgan fingerprint density at radius 3 is 2.53 bits per heavy atom. The molecule has 0 radical (unpaired) electrons. The van der Waals surface area contributed by atoms with Crippen LogP contribution in [-0.4, -0.2) is 11.2 Å². The normalized spacial score (nSPS) is 8.59. The second-order valence-corrected chi connectivity index (χ2v) is 4.07. The van der Waals surface area contributed by atoms with Crippen LogP contribution in [0.2, 0.25) is 0 Å². The van der Waals surface area contributed by atoms with Crippen LogP contribution in [-0.2, 0) is 0 Å². The van der Waals surface area contributed by atoms with Crippen molar-refractivity contribution in [2.24, 2.45) is 5.73 Å². The van der Waals surface area contributed by atoms with Crippen molar-refractivity contribution in [2.75, 3.05) is 0 Å². The van der Waals surface area contributed by atoms with Crippen molar-refractivity contribution in [3.63, 3.8) is 0 Å². The molecule has 6 heteroatoms. The van der Waals surface area contributed by atoms with E-state index < -0.39 is 6.03 Å². The van der Waals surface area contributed by atoms with Crippen molar-refractivity contribution in [1.82, 2.24) is 5.48 Å². The molecule has 0 aliphatic carbocycles. The van der Waals surface area contributed by atoms with Crippen LogP contribution in [0.5, 0.6) is 0 Å². The molecule has 4 N–H and O–H groups in total. The van der Waals surface area contributed by atoms with Gasteiger partial charge in [0.2, 0.25) is 0 Å². The van der Waals surface area contributed by atoms with Gasteiger partial charge in [-0.3, -0.25) is 5.21 Å². The Morgan fingerprint density at radius 2 is 2.06 bits per heavy atom. The number of hydroxylamine groups is 1. The van der Waals surface area contributed by atoms with Gasteiger partial charge in [-0.1, -0.05) is 23.6 Å². The summed E-state index contributed by atoms with van der Waals surface area (Å²) in [5, 5.41) is 8.77. The molecule has 0 fully saturated rings. The average molecular weight is 276 g/mol. The molecule has 0 spiro atoms. The van der Waals surface area contributed by atoms with Crippen molar-refractivity contribution in [3.8, 4) is 0 Å². The molecule has 17 heavy (non-hydrogen) atoms. The molecule has 0 saturated carbocycles. The van der Waals surface area contributed by atoms with E-state index in [0.717, 1.165) is 0 Å². The summed E-state index contributed by atoms with van der Waals surface area (Å²) in [5.74, 6) is 0. The molecule has 86 valence electrons. The first-order valence-electron chi connectivity index (χ1n) is 4.65. The van der Waals surface area contributed by atoms with Gasteiger partial charge in [0.25, 0.3) is 0 Å². The zero-order valence-corrected chi connectivity index (χ0v) is 13.7. The van der Waals surface area contributed by atoms with E-state index >= 15 is 0 Å². The number of hydrogen-bond donors (Lipinski definition) is 3. The summed E-state index contributed by atoms with van der Waals surface area (Å²) in [7, 11) is 0. The summed E-state index contributed by atoms with van der Waals surface area (Å²) in [4.78, 5) is 10.6. The van der Waals surface area contributed by atoms with Gasteiger partial charge in [0, 0.05) is 4.70 Å². The van der Waals surface area contributed by atoms with Crippen molar-refractivity contribution < 1.29 is 61.4 Å². The van der Waals surface area contributed by atoms with Crippen LogP contribution in [0.3, 0.4) is 0 Å². The molecule has 2 rings (SSSR count). The third kappa shape index (κ3) is 5.87. The Balaban J connectivity index is 0.000000373. The molecule has 0 bridgehead atoms. The van der Waals surface area contributed by atoms with Crippen LogP contribution in [0.1, 0.15) is 11.8 Å². The number of hydrogen-bond acceptors (Lipinski definition) is 3. The number of thiophene rings is 1. The van der Waals surface area contributed by atoms with Gasteiger partial charge in [0.1, 0.15) is 0 Å². The number of benzene rings is 1. The van der Waals surface area contributed by atoms with Crippen LogP contribution < -0.4 is 62.6 Å². The van der Waals surface area contributed by atoms with Gasteiger partial charge in [0.15, 0.2) is 0 Å². The molecule has 1 aromatic carbocycles. The molecule has 0 atom stereocenters. The average Bonchev–Trinajstić information content (AvgIpc) is 2.72. The third-order valence-electron chi connectivity index (χ3n) is 1.84. The molecule has 1 heterocycles. The smallest absolute Gasteiger partial charge is 0.350 e. The minimum Gasteiger partial charge on any atom is -0.350 e. The maximum absolute atomic E-state index is 9.23. The number of amides is 2. The van der Waals surface area contributed by atoms with Crippen LogP contribution in [0.15, 0.2) is 30.3 Å². The summed E-state index contributed by atoms with van der Waals surface area (Å²) in [5.41, 5.74) is 5.46. The van der Waals surface area contributed by atoms with E-state index in [0.29, 0.717) is 0 Å². The van der Waals surface area contributed by atoms with E-state index in [9.17, 15) is 4.79 Å². The number of nitrogens with one attached hydrogen (secondary N) is 1. The third-order valence-corrected chi connectivity index (χ3v) is 3.02. The van der Waals surface area contributed by atoms with Crippen LogP contribution in [0.25, 0.3) is 10.1 Å². The van der Waals surface area contributed by atoms with Crippen LogP contribution in [0.4, 0.5) is 4.79 Å². The molecular formula is C11H13KN2O2S. The summed E-state index contributed by atoms with van der Waals surface area (Å²) < 4.78 is 1.38.